The first-order valence-electron chi connectivity index (χ1n) is 9.36. The van der Waals surface area contributed by atoms with Crippen LogP contribution in [-0.2, 0) is 9.59 Å². The van der Waals surface area contributed by atoms with E-state index >= 15 is 0 Å². The SMILES string of the molecule is C[C@H](CC(=O)N1CCN(C(=O)[C@@H]2CCC[C@H]2O)CC1)c1ccccc1. The van der Waals surface area contributed by atoms with Crippen LogP contribution in [0.25, 0.3) is 0 Å². The maximum Gasteiger partial charge on any atom is 0.228 e. The van der Waals surface area contributed by atoms with Crippen molar-refractivity contribution in [2.24, 2.45) is 5.92 Å². The maximum absolute atomic E-state index is 12.5. The van der Waals surface area contributed by atoms with Gasteiger partial charge >= 0.3 is 0 Å². The molecular weight excluding hydrogens is 316 g/mol. The van der Waals surface area contributed by atoms with Gasteiger partial charge in [-0.15, -0.1) is 0 Å². The average Bonchev–Trinajstić information content (AvgIpc) is 3.08. The van der Waals surface area contributed by atoms with E-state index in [0.29, 0.717) is 32.6 Å². The maximum atomic E-state index is 12.5. The van der Waals surface area contributed by atoms with Gasteiger partial charge in [0.2, 0.25) is 11.8 Å². The molecule has 5 heteroatoms. The van der Waals surface area contributed by atoms with E-state index in [-0.39, 0.29) is 23.7 Å². The van der Waals surface area contributed by atoms with E-state index in [2.05, 4.69) is 19.1 Å². The van der Waals surface area contributed by atoms with Gasteiger partial charge < -0.3 is 14.9 Å². The summed E-state index contributed by atoms with van der Waals surface area (Å²) >= 11 is 0. The number of aliphatic hydroxyl groups is 1. The highest BCUT2D eigenvalue weighted by Crippen LogP contribution is 2.28. The molecule has 1 saturated heterocycles. The molecule has 2 fully saturated rings. The molecule has 1 heterocycles. The monoisotopic (exact) mass is 344 g/mol. The third kappa shape index (κ3) is 4.21. The Bertz CT molecular complexity index is 596. The van der Waals surface area contributed by atoms with Gasteiger partial charge in [-0.2, -0.15) is 0 Å². The van der Waals surface area contributed by atoms with Crippen molar-refractivity contribution in [3.63, 3.8) is 0 Å². The molecule has 1 aliphatic heterocycles. The summed E-state index contributed by atoms with van der Waals surface area (Å²) in [6.07, 6.45) is 2.45. The summed E-state index contributed by atoms with van der Waals surface area (Å²) in [5.74, 6) is 0.182. The Hall–Kier alpha value is -1.88. The lowest BCUT2D eigenvalue weighted by molar-refractivity contribution is -0.144. The van der Waals surface area contributed by atoms with Crippen LogP contribution in [0, 0.1) is 5.92 Å². The first-order chi connectivity index (χ1) is 12.1. The van der Waals surface area contributed by atoms with Crippen molar-refractivity contribution < 1.29 is 14.7 Å². The highest BCUT2D eigenvalue weighted by atomic mass is 16.3. The van der Waals surface area contributed by atoms with Crippen LogP contribution in [0.15, 0.2) is 30.3 Å². The zero-order valence-corrected chi connectivity index (χ0v) is 14.9. The fraction of sp³-hybridized carbons (Fsp3) is 0.600. The van der Waals surface area contributed by atoms with Crippen LogP contribution in [-0.4, -0.2) is 59.0 Å². The van der Waals surface area contributed by atoms with E-state index in [0.717, 1.165) is 19.3 Å². The summed E-state index contributed by atoms with van der Waals surface area (Å²) in [7, 11) is 0. The molecule has 1 aromatic rings. The molecule has 2 amide bonds. The number of rotatable bonds is 4. The summed E-state index contributed by atoms with van der Waals surface area (Å²) in [4.78, 5) is 28.8. The lowest BCUT2D eigenvalue weighted by Crippen LogP contribution is -2.52. The van der Waals surface area contributed by atoms with E-state index in [4.69, 9.17) is 0 Å². The number of aliphatic hydroxyl groups excluding tert-OH is 1. The van der Waals surface area contributed by atoms with Crippen LogP contribution in [0.4, 0.5) is 0 Å². The largest absolute Gasteiger partial charge is 0.392 e. The van der Waals surface area contributed by atoms with Crippen molar-refractivity contribution in [2.75, 3.05) is 26.2 Å². The van der Waals surface area contributed by atoms with Gasteiger partial charge in [-0.1, -0.05) is 37.3 Å². The van der Waals surface area contributed by atoms with Crippen molar-refractivity contribution in [1.29, 1.82) is 0 Å². The Kier molecular flexibility index (Phi) is 5.74. The third-order valence-electron chi connectivity index (χ3n) is 5.59. The molecule has 0 bridgehead atoms. The Morgan fingerprint density at radius 3 is 2.32 bits per heavy atom. The number of piperazine rings is 1. The fourth-order valence-electron chi connectivity index (χ4n) is 3.93. The molecule has 5 nitrogen and oxygen atoms in total. The van der Waals surface area contributed by atoms with Crippen LogP contribution < -0.4 is 0 Å². The second-order valence-electron chi connectivity index (χ2n) is 7.33. The van der Waals surface area contributed by atoms with Gasteiger partial charge in [-0.3, -0.25) is 9.59 Å². The molecule has 25 heavy (non-hydrogen) atoms. The second kappa shape index (κ2) is 8.00. The Morgan fingerprint density at radius 2 is 1.72 bits per heavy atom. The van der Waals surface area contributed by atoms with Crippen molar-refractivity contribution >= 4 is 11.8 Å². The molecule has 0 aromatic heterocycles. The number of hydrogen-bond donors (Lipinski definition) is 1. The smallest absolute Gasteiger partial charge is 0.228 e. The highest BCUT2D eigenvalue weighted by Gasteiger charge is 2.35. The van der Waals surface area contributed by atoms with Gasteiger partial charge in [0, 0.05) is 32.6 Å². The van der Waals surface area contributed by atoms with Crippen molar-refractivity contribution in [3.8, 4) is 0 Å². The molecule has 136 valence electrons. The quantitative estimate of drug-likeness (QED) is 0.909. The van der Waals surface area contributed by atoms with Gasteiger partial charge in [-0.25, -0.2) is 0 Å². The molecule has 1 aliphatic carbocycles. The van der Waals surface area contributed by atoms with Gasteiger partial charge in [-0.05, 0) is 30.7 Å². The number of carbonyl (C=O) groups is 2. The minimum atomic E-state index is -0.487. The molecule has 0 spiro atoms. The molecule has 2 aliphatic rings. The number of benzene rings is 1. The van der Waals surface area contributed by atoms with E-state index in [9.17, 15) is 14.7 Å². The van der Waals surface area contributed by atoms with Gasteiger partial charge in [0.1, 0.15) is 0 Å². The predicted molar refractivity (Wildman–Crippen MR) is 96.0 cm³/mol. The first-order valence-corrected chi connectivity index (χ1v) is 9.36. The van der Waals surface area contributed by atoms with Crippen LogP contribution >= 0.6 is 0 Å². The lowest BCUT2D eigenvalue weighted by Gasteiger charge is -2.36. The predicted octanol–water partition coefficient (Wildman–Crippen LogP) is 2.01. The van der Waals surface area contributed by atoms with Crippen molar-refractivity contribution in [3.05, 3.63) is 35.9 Å². The first kappa shape index (κ1) is 17.9. The van der Waals surface area contributed by atoms with Crippen LogP contribution in [0.3, 0.4) is 0 Å². The van der Waals surface area contributed by atoms with Gasteiger partial charge in [0.25, 0.3) is 0 Å². The van der Waals surface area contributed by atoms with Gasteiger partial charge in [0.05, 0.1) is 12.0 Å². The van der Waals surface area contributed by atoms with Crippen molar-refractivity contribution in [2.45, 2.75) is 44.6 Å². The minimum Gasteiger partial charge on any atom is -0.392 e. The topological polar surface area (TPSA) is 60.9 Å². The third-order valence-corrected chi connectivity index (χ3v) is 5.59. The molecule has 1 N–H and O–H groups in total. The summed E-state index contributed by atoms with van der Waals surface area (Å²) in [6.45, 7) is 4.42. The zero-order valence-electron chi connectivity index (χ0n) is 14.9. The molecule has 1 saturated carbocycles. The van der Waals surface area contributed by atoms with E-state index in [1.807, 2.05) is 28.0 Å². The van der Waals surface area contributed by atoms with E-state index in [1.54, 1.807) is 0 Å². The van der Waals surface area contributed by atoms with E-state index in [1.165, 1.54) is 5.56 Å². The number of amides is 2. The molecule has 3 atom stereocenters. The number of nitrogens with zero attached hydrogens (tertiary/aromatic N) is 2. The standard InChI is InChI=1S/C20H28N2O3/c1-15(16-6-3-2-4-7-16)14-19(24)21-10-12-22(13-11-21)20(25)17-8-5-9-18(17)23/h2-4,6-7,15,17-18,23H,5,8-14H2,1H3/t15-,17-,18-/m1/s1. The Balaban J connectivity index is 1.48. The minimum absolute atomic E-state index is 0.0646. The zero-order chi connectivity index (χ0) is 17.8. The molecule has 3 rings (SSSR count). The Morgan fingerprint density at radius 1 is 1.08 bits per heavy atom. The van der Waals surface area contributed by atoms with Crippen molar-refractivity contribution in [1.82, 2.24) is 9.80 Å². The van der Waals surface area contributed by atoms with Gasteiger partial charge in [0.15, 0.2) is 0 Å². The lowest BCUT2D eigenvalue weighted by atomic mass is 9.97. The molecule has 1 aromatic carbocycles. The molecular formula is C20H28N2O3. The summed E-state index contributed by atoms with van der Waals surface area (Å²) < 4.78 is 0. The summed E-state index contributed by atoms with van der Waals surface area (Å²) in [6, 6.07) is 10.1. The van der Waals surface area contributed by atoms with Crippen LogP contribution in [0.1, 0.15) is 44.1 Å². The number of hydrogen-bond acceptors (Lipinski definition) is 3. The fourth-order valence-corrected chi connectivity index (χ4v) is 3.93. The van der Waals surface area contributed by atoms with Crippen LogP contribution in [0.2, 0.25) is 0 Å². The number of carbonyl (C=O) groups excluding carboxylic acids is 2. The second-order valence-corrected chi connectivity index (χ2v) is 7.33. The Labute approximate surface area is 149 Å². The molecule has 0 unspecified atom stereocenters. The average molecular weight is 344 g/mol. The van der Waals surface area contributed by atoms with Crippen LogP contribution in [0.5, 0.6) is 0 Å². The van der Waals surface area contributed by atoms with E-state index < -0.39 is 6.10 Å². The summed E-state index contributed by atoms with van der Waals surface area (Å²) in [5.41, 5.74) is 1.18. The summed E-state index contributed by atoms with van der Waals surface area (Å²) in [5, 5.41) is 9.93. The molecule has 0 radical (unpaired) electrons. The highest BCUT2D eigenvalue weighted by molar-refractivity contribution is 5.81. The normalized spacial score (nSPS) is 25.0.